The number of aliphatic hydroxyl groups excluding tert-OH is 1. The van der Waals surface area contributed by atoms with E-state index in [2.05, 4.69) is 42.3 Å². The van der Waals surface area contributed by atoms with Crippen molar-refractivity contribution in [1.82, 2.24) is 5.32 Å². The summed E-state index contributed by atoms with van der Waals surface area (Å²) >= 11 is 0. The van der Waals surface area contributed by atoms with Crippen molar-refractivity contribution in [2.75, 3.05) is 24.6 Å². The van der Waals surface area contributed by atoms with Crippen LogP contribution in [0.25, 0.3) is 0 Å². The molecular weight excluding hydrogens is 236 g/mol. The molecule has 0 bridgehead atoms. The maximum atomic E-state index is 9.02. The fraction of sp³-hybridized carbons (Fsp3) is 0.625. The third kappa shape index (κ3) is 4.22. The van der Waals surface area contributed by atoms with E-state index in [0.29, 0.717) is 0 Å². The molecule has 0 amide bonds. The van der Waals surface area contributed by atoms with Gasteiger partial charge < -0.3 is 15.3 Å². The predicted molar refractivity (Wildman–Crippen MR) is 80.6 cm³/mol. The average molecular weight is 262 g/mol. The second-order valence-electron chi connectivity index (χ2n) is 5.44. The largest absolute Gasteiger partial charge is 0.396 e. The van der Waals surface area contributed by atoms with Crippen molar-refractivity contribution < 1.29 is 5.11 Å². The number of nitrogens with one attached hydrogen (secondary N) is 1. The van der Waals surface area contributed by atoms with Gasteiger partial charge in [-0.15, -0.1) is 0 Å². The molecule has 0 spiro atoms. The molecule has 2 rings (SSSR count). The normalized spacial score (nSPS) is 14.7. The summed E-state index contributed by atoms with van der Waals surface area (Å²) in [5.41, 5.74) is 4.01. The minimum Gasteiger partial charge on any atom is -0.396 e. The van der Waals surface area contributed by atoms with Crippen molar-refractivity contribution in [3.05, 3.63) is 29.3 Å². The number of hydrogen-bond donors (Lipinski definition) is 2. The lowest BCUT2D eigenvalue weighted by molar-refractivity contribution is 0.289. The second kappa shape index (κ2) is 6.92. The molecule has 3 nitrogen and oxygen atoms in total. The lowest BCUT2D eigenvalue weighted by Crippen LogP contribution is -2.27. The van der Waals surface area contributed by atoms with Crippen molar-refractivity contribution in [3.8, 4) is 0 Å². The summed E-state index contributed by atoms with van der Waals surface area (Å²) in [6.45, 7) is 7.45. The Labute approximate surface area is 116 Å². The van der Waals surface area contributed by atoms with Crippen LogP contribution in [0.2, 0.25) is 0 Å². The Kier molecular flexibility index (Phi) is 5.23. The van der Waals surface area contributed by atoms with Crippen LogP contribution >= 0.6 is 0 Å². The molecule has 1 aromatic rings. The van der Waals surface area contributed by atoms with Gasteiger partial charge in [-0.25, -0.2) is 0 Å². The first kappa shape index (κ1) is 14.4. The van der Waals surface area contributed by atoms with Gasteiger partial charge in [0, 0.05) is 38.0 Å². The van der Waals surface area contributed by atoms with E-state index in [4.69, 9.17) is 5.11 Å². The second-order valence-corrected chi connectivity index (χ2v) is 5.44. The molecule has 106 valence electrons. The lowest BCUT2D eigenvalue weighted by atomic mass is 10.1. The number of aryl methyl sites for hydroxylation is 1. The molecule has 0 aromatic heterocycles. The van der Waals surface area contributed by atoms with Crippen LogP contribution in [0.15, 0.2) is 18.2 Å². The number of benzene rings is 1. The average Bonchev–Trinajstić information content (AvgIpc) is 3.23. The van der Waals surface area contributed by atoms with Crippen LogP contribution in [0.4, 0.5) is 5.69 Å². The summed E-state index contributed by atoms with van der Waals surface area (Å²) < 4.78 is 0. The van der Waals surface area contributed by atoms with Gasteiger partial charge in [0.25, 0.3) is 0 Å². The summed E-state index contributed by atoms with van der Waals surface area (Å²) in [5.74, 6) is 0. The highest BCUT2D eigenvalue weighted by molar-refractivity contribution is 5.55. The number of rotatable bonds is 8. The van der Waals surface area contributed by atoms with E-state index in [-0.39, 0.29) is 6.61 Å². The topological polar surface area (TPSA) is 35.5 Å². The monoisotopic (exact) mass is 262 g/mol. The minimum atomic E-state index is 0.262. The van der Waals surface area contributed by atoms with Gasteiger partial charge in [0.15, 0.2) is 0 Å². The molecule has 1 fully saturated rings. The first-order chi connectivity index (χ1) is 9.24. The van der Waals surface area contributed by atoms with Crippen LogP contribution in [-0.4, -0.2) is 30.8 Å². The quantitative estimate of drug-likeness (QED) is 0.755. The Morgan fingerprint density at radius 2 is 2.16 bits per heavy atom. The van der Waals surface area contributed by atoms with Crippen molar-refractivity contribution in [2.45, 2.75) is 45.7 Å². The summed E-state index contributed by atoms with van der Waals surface area (Å²) in [4.78, 5) is 2.36. The Hall–Kier alpha value is -1.06. The van der Waals surface area contributed by atoms with E-state index in [9.17, 15) is 0 Å². The number of nitrogens with zero attached hydrogens (tertiary/aromatic N) is 1. The van der Waals surface area contributed by atoms with Crippen molar-refractivity contribution in [1.29, 1.82) is 0 Å². The molecule has 1 saturated carbocycles. The molecule has 2 N–H and O–H groups in total. The highest BCUT2D eigenvalue weighted by atomic mass is 16.3. The lowest BCUT2D eigenvalue weighted by Gasteiger charge is -2.26. The number of aliphatic hydroxyl groups is 1. The summed E-state index contributed by atoms with van der Waals surface area (Å²) in [7, 11) is 0. The fourth-order valence-electron chi connectivity index (χ4n) is 2.42. The summed E-state index contributed by atoms with van der Waals surface area (Å²) in [5, 5.41) is 12.6. The molecule has 0 atom stereocenters. The van der Waals surface area contributed by atoms with Crippen LogP contribution in [-0.2, 0) is 6.54 Å². The zero-order chi connectivity index (χ0) is 13.7. The fourth-order valence-corrected chi connectivity index (χ4v) is 2.42. The maximum absolute atomic E-state index is 9.02. The van der Waals surface area contributed by atoms with Gasteiger partial charge in [-0.2, -0.15) is 0 Å². The SMILES string of the molecule is CCN(CCCO)c1ccc(C)cc1CNC1CC1. The standard InChI is InChI=1S/C16H26N2O/c1-3-18(9-4-10-19)16-8-5-13(2)11-14(16)12-17-15-6-7-15/h5,8,11,15,17,19H,3-4,6-7,9-10,12H2,1-2H3. The van der Waals surface area contributed by atoms with Crippen molar-refractivity contribution >= 4 is 5.69 Å². The smallest absolute Gasteiger partial charge is 0.0447 e. The maximum Gasteiger partial charge on any atom is 0.0447 e. The molecule has 3 heteroatoms. The van der Waals surface area contributed by atoms with E-state index >= 15 is 0 Å². The molecule has 0 radical (unpaired) electrons. The van der Waals surface area contributed by atoms with E-state index in [0.717, 1.165) is 32.1 Å². The predicted octanol–water partition coefficient (Wildman–Crippen LogP) is 2.46. The minimum absolute atomic E-state index is 0.262. The van der Waals surface area contributed by atoms with Crippen LogP contribution in [0.5, 0.6) is 0 Å². The van der Waals surface area contributed by atoms with E-state index in [1.54, 1.807) is 0 Å². The van der Waals surface area contributed by atoms with Gasteiger partial charge in [-0.05, 0) is 44.7 Å². The van der Waals surface area contributed by atoms with Gasteiger partial charge in [-0.1, -0.05) is 17.7 Å². The molecule has 1 aliphatic rings. The first-order valence-corrected chi connectivity index (χ1v) is 7.43. The van der Waals surface area contributed by atoms with E-state index in [1.807, 2.05) is 0 Å². The molecule has 0 heterocycles. The molecular formula is C16H26N2O. The van der Waals surface area contributed by atoms with Gasteiger partial charge in [0.1, 0.15) is 0 Å². The van der Waals surface area contributed by atoms with E-state index in [1.165, 1.54) is 29.7 Å². The summed E-state index contributed by atoms with van der Waals surface area (Å²) in [6.07, 6.45) is 3.48. The highest BCUT2D eigenvalue weighted by Crippen LogP contribution is 2.25. The Bertz CT molecular complexity index is 402. The molecule has 19 heavy (non-hydrogen) atoms. The van der Waals surface area contributed by atoms with E-state index < -0.39 is 0 Å². The Morgan fingerprint density at radius 3 is 2.79 bits per heavy atom. The molecule has 1 aromatic carbocycles. The van der Waals surface area contributed by atoms with Crippen LogP contribution in [0.3, 0.4) is 0 Å². The third-order valence-corrected chi connectivity index (χ3v) is 3.70. The third-order valence-electron chi connectivity index (χ3n) is 3.70. The molecule has 1 aliphatic carbocycles. The van der Waals surface area contributed by atoms with Gasteiger partial charge in [0.05, 0.1) is 0 Å². The molecule has 0 aliphatic heterocycles. The van der Waals surface area contributed by atoms with Crippen LogP contribution in [0, 0.1) is 6.92 Å². The first-order valence-electron chi connectivity index (χ1n) is 7.43. The van der Waals surface area contributed by atoms with Crippen LogP contribution in [0.1, 0.15) is 37.3 Å². The highest BCUT2D eigenvalue weighted by Gasteiger charge is 2.21. The van der Waals surface area contributed by atoms with Gasteiger partial charge in [-0.3, -0.25) is 0 Å². The molecule has 0 saturated heterocycles. The Morgan fingerprint density at radius 1 is 1.37 bits per heavy atom. The summed E-state index contributed by atoms with van der Waals surface area (Å²) in [6, 6.07) is 7.42. The number of hydrogen-bond acceptors (Lipinski definition) is 3. The zero-order valence-electron chi connectivity index (χ0n) is 12.2. The van der Waals surface area contributed by atoms with Crippen molar-refractivity contribution in [3.63, 3.8) is 0 Å². The zero-order valence-corrected chi connectivity index (χ0v) is 12.2. The Balaban J connectivity index is 2.10. The molecule has 0 unspecified atom stereocenters. The van der Waals surface area contributed by atoms with Crippen molar-refractivity contribution in [2.24, 2.45) is 0 Å². The van der Waals surface area contributed by atoms with Gasteiger partial charge >= 0.3 is 0 Å². The van der Waals surface area contributed by atoms with Crippen LogP contribution < -0.4 is 10.2 Å². The number of anilines is 1. The van der Waals surface area contributed by atoms with Gasteiger partial charge in [0.2, 0.25) is 0 Å².